The third-order valence-corrected chi connectivity index (χ3v) is 1.93. The molecule has 1 unspecified atom stereocenters. The topological polar surface area (TPSA) is 35.5 Å². The zero-order valence-electron chi connectivity index (χ0n) is 10.0. The second-order valence-electron chi connectivity index (χ2n) is 3.89. The minimum absolute atomic E-state index is 0.375. The maximum absolute atomic E-state index is 12.1. The van der Waals surface area contributed by atoms with Crippen molar-refractivity contribution >= 4 is 6.16 Å². The van der Waals surface area contributed by atoms with E-state index >= 15 is 0 Å². The first-order valence-electron chi connectivity index (χ1n) is 5.02. The fourth-order valence-electron chi connectivity index (χ4n) is 1.01. The highest BCUT2D eigenvalue weighted by Gasteiger charge is 2.60. The van der Waals surface area contributed by atoms with Gasteiger partial charge >= 0.3 is 18.5 Å². The molecule has 0 saturated heterocycles. The van der Waals surface area contributed by atoms with Crippen LogP contribution in [0.1, 0.15) is 13.8 Å². The van der Waals surface area contributed by atoms with Crippen molar-refractivity contribution in [1.29, 1.82) is 0 Å². The van der Waals surface area contributed by atoms with Gasteiger partial charge in [0.2, 0.25) is 0 Å². The lowest BCUT2D eigenvalue weighted by Gasteiger charge is -2.24. The Morgan fingerprint density at radius 3 is 1.74 bits per heavy atom. The number of alkyl halides is 6. The molecule has 0 heterocycles. The molecular weight excluding hydrogens is 282 g/mol. The molecule has 3 nitrogen and oxygen atoms in total. The largest absolute Gasteiger partial charge is 0.509 e. The van der Waals surface area contributed by atoms with Gasteiger partial charge in [-0.2, -0.15) is 26.3 Å². The van der Waals surface area contributed by atoms with E-state index in [0.717, 1.165) is 6.08 Å². The van der Waals surface area contributed by atoms with Crippen LogP contribution in [-0.4, -0.2) is 30.7 Å². The number of carbonyl (C=O) groups excluding carboxylic acids is 1. The second kappa shape index (κ2) is 6.16. The van der Waals surface area contributed by atoms with Crippen LogP contribution in [0.5, 0.6) is 0 Å². The Bertz CT molecular complexity index is 306. The van der Waals surface area contributed by atoms with E-state index in [1.165, 1.54) is 13.8 Å². The van der Waals surface area contributed by atoms with Crippen LogP contribution in [0.2, 0.25) is 0 Å². The number of ether oxygens (including phenoxy) is 2. The van der Waals surface area contributed by atoms with Gasteiger partial charge < -0.3 is 9.47 Å². The zero-order chi connectivity index (χ0) is 15.4. The van der Waals surface area contributed by atoms with Gasteiger partial charge in [-0.25, -0.2) is 4.79 Å². The van der Waals surface area contributed by atoms with E-state index < -0.39 is 30.7 Å². The van der Waals surface area contributed by atoms with E-state index in [0.29, 0.717) is 0 Å². The Balaban J connectivity index is 4.80. The number of hydrogen-bond donors (Lipinski definition) is 0. The van der Waals surface area contributed by atoms with Crippen LogP contribution >= 0.6 is 0 Å². The first kappa shape index (κ1) is 17.6. The maximum Gasteiger partial charge on any atom is 0.509 e. The molecule has 0 rings (SSSR count). The molecule has 0 bridgehead atoms. The van der Waals surface area contributed by atoms with E-state index in [-0.39, 0.29) is 5.92 Å². The highest BCUT2D eigenvalue weighted by molar-refractivity contribution is 5.60. The summed E-state index contributed by atoms with van der Waals surface area (Å²) < 4.78 is 80.1. The maximum atomic E-state index is 12.1. The van der Waals surface area contributed by atoms with Crippen molar-refractivity contribution in [2.75, 3.05) is 0 Å². The van der Waals surface area contributed by atoms with Crippen molar-refractivity contribution in [2.24, 2.45) is 5.92 Å². The van der Waals surface area contributed by atoms with Crippen LogP contribution in [0.4, 0.5) is 31.1 Å². The van der Waals surface area contributed by atoms with Gasteiger partial charge in [0.25, 0.3) is 6.10 Å². The van der Waals surface area contributed by atoms with Gasteiger partial charge in [-0.05, 0) is 5.92 Å². The summed E-state index contributed by atoms with van der Waals surface area (Å²) in [6, 6.07) is 0. The number of hydrogen-bond acceptors (Lipinski definition) is 3. The highest BCUT2D eigenvalue weighted by Crippen LogP contribution is 2.36. The Labute approximate surface area is 105 Å². The SMILES string of the molecule is C=CC(OC(=O)OC(C(F)(F)F)C(F)(F)F)C(C)C. The van der Waals surface area contributed by atoms with Crippen molar-refractivity contribution in [3.05, 3.63) is 12.7 Å². The summed E-state index contributed by atoms with van der Waals surface area (Å²) in [4.78, 5) is 10.9. The third kappa shape index (κ3) is 5.84. The van der Waals surface area contributed by atoms with Gasteiger partial charge in [0.1, 0.15) is 6.10 Å². The zero-order valence-corrected chi connectivity index (χ0v) is 10.0. The molecule has 0 amide bonds. The average Bonchev–Trinajstić information content (AvgIpc) is 2.18. The minimum Gasteiger partial charge on any atom is -0.426 e. The second-order valence-corrected chi connectivity index (χ2v) is 3.89. The first-order chi connectivity index (χ1) is 8.39. The molecule has 0 saturated carbocycles. The molecule has 0 N–H and O–H groups in total. The van der Waals surface area contributed by atoms with Crippen LogP contribution in [-0.2, 0) is 9.47 Å². The summed E-state index contributed by atoms with van der Waals surface area (Å²) in [5.74, 6) is -0.375. The van der Waals surface area contributed by atoms with Crippen LogP contribution in [0.25, 0.3) is 0 Å². The summed E-state index contributed by atoms with van der Waals surface area (Å²) in [6.07, 6.45) is -17.8. The molecule has 1 atom stereocenters. The predicted octanol–water partition coefficient (Wildman–Crippen LogP) is 3.84. The monoisotopic (exact) mass is 294 g/mol. The molecule has 112 valence electrons. The predicted molar refractivity (Wildman–Crippen MR) is 52.3 cm³/mol. The fraction of sp³-hybridized carbons (Fsp3) is 0.700. The lowest BCUT2D eigenvalue weighted by molar-refractivity contribution is -0.311. The molecule has 0 fully saturated rings. The Kier molecular flexibility index (Phi) is 5.70. The lowest BCUT2D eigenvalue weighted by atomic mass is 10.1. The number of carbonyl (C=O) groups is 1. The molecule has 0 radical (unpaired) electrons. The van der Waals surface area contributed by atoms with Gasteiger partial charge in [-0.1, -0.05) is 26.5 Å². The number of halogens is 6. The van der Waals surface area contributed by atoms with Crippen molar-refractivity contribution in [1.82, 2.24) is 0 Å². The van der Waals surface area contributed by atoms with Crippen molar-refractivity contribution < 1.29 is 40.6 Å². The molecule has 0 aromatic heterocycles. The Hall–Kier alpha value is -1.41. The van der Waals surface area contributed by atoms with E-state index in [4.69, 9.17) is 0 Å². The minimum atomic E-state index is -5.77. The highest BCUT2D eigenvalue weighted by atomic mass is 19.4. The molecular formula is C10H12F6O3. The van der Waals surface area contributed by atoms with Crippen molar-refractivity contribution in [3.63, 3.8) is 0 Å². The summed E-state index contributed by atoms with van der Waals surface area (Å²) in [5.41, 5.74) is 0. The van der Waals surface area contributed by atoms with Gasteiger partial charge in [0.05, 0.1) is 0 Å². The molecule has 0 aromatic carbocycles. The standard InChI is InChI=1S/C10H12F6O3/c1-4-6(5(2)3)18-8(17)19-7(9(11,12)13)10(14,15)16/h4-7H,1H2,2-3H3. The van der Waals surface area contributed by atoms with Crippen molar-refractivity contribution in [3.8, 4) is 0 Å². The molecule has 0 spiro atoms. The van der Waals surface area contributed by atoms with E-state index in [9.17, 15) is 31.1 Å². The van der Waals surface area contributed by atoms with Crippen molar-refractivity contribution in [2.45, 2.75) is 38.4 Å². The summed E-state index contributed by atoms with van der Waals surface area (Å²) in [7, 11) is 0. The van der Waals surface area contributed by atoms with Crippen LogP contribution in [0.3, 0.4) is 0 Å². The summed E-state index contributed by atoms with van der Waals surface area (Å²) in [6.45, 7) is 6.30. The summed E-state index contributed by atoms with van der Waals surface area (Å²) >= 11 is 0. The molecule has 0 aliphatic rings. The van der Waals surface area contributed by atoms with Gasteiger partial charge in [0, 0.05) is 0 Å². The molecule has 19 heavy (non-hydrogen) atoms. The third-order valence-electron chi connectivity index (χ3n) is 1.93. The summed E-state index contributed by atoms with van der Waals surface area (Å²) in [5, 5.41) is 0. The van der Waals surface area contributed by atoms with E-state index in [1.54, 1.807) is 0 Å². The Morgan fingerprint density at radius 1 is 1.05 bits per heavy atom. The Morgan fingerprint density at radius 2 is 1.47 bits per heavy atom. The van der Waals surface area contributed by atoms with Gasteiger partial charge in [-0.3, -0.25) is 0 Å². The number of rotatable bonds is 4. The quantitative estimate of drug-likeness (QED) is 0.449. The van der Waals surface area contributed by atoms with E-state index in [1.807, 2.05) is 0 Å². The first-order valence-corrected chi connectivity index (χ1v) is 5.02. The smallest absolute Gasteiger partial charge is 0.426 e. The van der Waals surface area contributed by atoms with Gasteiger partial charge in [0.15, 0.2) is 0 Å². The van der Waals surface area contributed by atoms with Crippen LogP contribution < -0.4 is 0 Å². The normalized spacial score (nSPS) is 14.4. The average molecular weight is 294 g/mol. The fourth-order valence-corrected chi connectivity index (χ4v) is 1.01. The van der Waals surface area contributed by atoms with E-state index in [2.05, 4.69) is 16.1 Å². The molecule has 0 aliphatic carbocycles. The van der Waals surface area contributed by atoms with Gasteiger partial charge in [-0.15, -0.1) is 0 Å². The lowest BCUT2D eigenvalue weighted by Crippen LogP contribution is -2.46. The molecule has 0 aromatic rings. The van der Waals surface area contributed by atoms with Crippen LogP contribution in [0, 0.1) is 5.92 Å². The van der Waals surface area contributed by atoms with Crippen LogP contribution in [0.15, 0.2) is 12.7 Å². The molecule has 9 heteroatoms. The molecule has 0 aliphatic heterocycles.